The Hall–Kier alpha value is -0.580. The van der Waals surface area contributed by atoms with Crippen LogP contribution in [-0.4, -0.2) is 22.1 Å². The Morgan fingerprint density at radius 2 is 2.07 bits per heavy atom. The molecule has 1 rings (SSSR count). The Labute approximate surface area is 87.8 Å². The van der Waals surface area contributed by atoms with Gasteiger partial charge in [0.05, 0.1) is 6.10 Å². The zero-order valence-corrected chi connectivity index (χ0v) is 8.71. The van der Waals surface area contributed by atoms with Crippen LogP contribution in [0.4, 0.5) is 4.39 Å². The van der Waals surface area contributed by atoms with Crippen molar-refractivity contribution >= 4 is 12.6 Å². The lowest BCUT2D eigenvalue weighted by molar-refractivity contribution is 0.0311. The Balaban J connectivity index is 3.05. The first-order chi connectivity index (χ1) is 6.57. The van der Waals surface area contributed by atoms with Crippen molar-refractivity contribution < 1.29 is 14.6 Å². The van der Waals surface area contributed by atoms with Crippen LogP contribution >= 0.6 is 12.6 Å². The zero-order valence-electron chi connectivity index (χ0n) is 7.81. The molecule has 0 heterocycles. The molecule has 4 heteroatoms. The van der Waals surface area contributed by atoms with E-state index in [9.17, 15) is 14.6 Å². The van der Waals surface area contributed by atoms with Crippen molar-refractivity contribution in [3.05, 3.63) is 35.1 Å². The van der Waals surface area contributed by atoms with Crippen molar-refractivity contribution in [1.29, 1.82) is 0 Å². The molecule has 14 heavy (non-hydrogen) atoms. The van der Waals surface area contributed by atoms with Crippen LogP contribution in [0, 0.1) is 12.7 Å². The highest BCUT2D eigenvalue weighted by Gasteiger charge is 2.21. The van der Waals surface area contributed by atoms with E-state index in [4.69, 9.17) is 0 Å². The summed E-state index contributed by atoms with van der Waals surface area (Å²) in [5.74, 6) is -0.409. The Morgan fingerprint density at radius 1 is 1.43 bits per heavy atom. The Bertz CT molecular complexity index is 297. The van der Waals surface area contributed by atoms with Crippen molar-refractivity contribution in [1.82, 2.24) is 0 Å². The SMILES string of the molecule is Cc1cccc(F)c1C(O)C(O)CS. The fourth-order valence-corrected chi connectivity index (χ4v) is 1.51. The molecule has 0 aliphatic heterocycles. The van der Waals surface area contributed by atoms with E-state index in [-0.39, 0.29) is 11.3 Å². The molecular formula is C10H13FO2S. The van der Waals surface area contributed by atoms with Gasteiger partial charge >= 0.3 is 0 Å². The molecule has 0 bridgehead atoms. The molecule has 0 amide bonds. The number of hydrogen-bond donors (Lipinski definition) is 3. The first-order valence-corrected chi connectivity index (χ1v) is 4.93. The minimum atomic E-state index is -1.21. The van der Waals surface area contributed by atoms with Gasteiger partial charge in [-0.15, -0.1) is 0 Å². The number of aryl methyl sites for hydroxylation is 1. The Morgan fingerprint density at radius 3 is 2.57 bits per heavy atom. The van der Waals surface area contributed by atoms with Gasteiger partial charge in [-0.1, -0.05) is 12.1 Å². The summed E-state index contributed by atoms with van der Waals surface area (Å²) in [5, 5.41) is 18.9. The van der Waals surface area contributed by atoms with Gasteiger partial charge in [0.25, 0.3) is 0 Å². The second-order valence-electron chi connectivity index (χ2n) is 3.17. The topological polar surface area (TPSA) is 40.5 Å². The van der Waals surface area contributed by atoms with Gasteiger partial charge in [0.2, 0.25) is 0 Å². The van der Waals surface area contributed by atoms with Crippen molar-refractivity contribution in [3.8, 4) is 0 Å². The van der Waals surface area contributed by atoms with Crippen molar-refractivity contribution in [2.75, 3.05) is 5.75 Å². The fourth-order valence-electron chi connectivity index (χ4n) is 1.31. The predicted molar refractivity (Wildman–Crippen MR) is 56.0 cm³/mol. The first-order valence-electron chi connectivity index (χ1n) is 4.30. The van der Waals surface area contributed by atoms with Crippen LogP contribution < -0.4 is 0 Å². The molecular weight excluding hydrogens is 203 g/mol. The molecule has 0 spiro atoms. The van der Waals surface area contributed by atoms with E-state index in [0.717, 1.165) is 0 Å². The third kappa shape index (κ3) is 2.26. The number of aliphatic hydroxyl groups is 2. The highest BCUT2D eigenvalue weighted by atomic mass is 32.1. The van der Waals surface area contributed by atoms with Gasteiger partial charge in [0.1, 0.15) is 11.9 Å². The number of halogens is 1. The molecule has 1 aromatic carbocycles. The average Bonchev–Trinajstić information content (AvgIpc) is 2.16. The van der Waals surface area contributed by atoms with Gasteiger partial charge in [-0.25, -0.2) is 4.39 Å². The normalized spacial score (nSPS) is 15.2. The highest BCUT2D eigenvalue weighted by molar-refractivity contribution is 7.80. The smallest absolute Gasteiger partial charge is 0.129 e. The van der Waals surface area contributed by atoms with E-state index >= 15 is 0 Å². The molecule has 0 aliphatic carbocycles. The second-order valence-corrected chi connectivity index (χ2v) is 3.53. The van der Waals surface area contributed by atoms with Crippen molar-refractivity contribution in [2.45, 2.75) is 19.1 Å². The van der Waals surface area contributed by atoms with Gasteiger partial charge in [0.15, 0.2) is 0 Å². The molecule has 0 fully saturated rings. The van der Waals surface area contributed by atoms with Crippen LogP contribution in [0.25, 0.3) is 0 Å². The molecule has 1 aromatic rings. The fraction of sp³-hybridized carbons (Fsp3) is 0.400. The number of thiol groups is 1. The van der Waals surface area contributed by atoms with Crippen LogP contribution in [0.5, 0.6) is 0 Å². The Kier molecular flexibility index (Phi) is 3.92. The van der Waals surface area contributed by atoms with E-state index in [0.29, 0.717) is 5.56 Å². The molecule has 2 atom stereocenters. The zero-order chi connectivity index (χ0) is 10.7. The molecule has 0 saturated carbocycles. The maximum absolute atomic E-state index is 13.3. The molecule has 0 saturated heterocycles. The molecule has 0 aliphatic rings. The maximum atomic E-state index is 13.3. The van der Waals surface area contributed by atoms with Crippen LogP contribution in [0.1, 0.15) is 17.2 Å². The number of rotatable bonds is 3. The van der Waals surface area contributed by atoms with Gasteiger partial charge in [0, 0.05) is 11.3 Å². The summed E-state index contributed by atoms with van der Waals surface area (Å²) < 4.78 is 13.3. The summed E-state index contributed by atoms with van der Waals surface area (Å²) in [6.07, 6.45) is -2.26. The summed E-state index contributed by atoms with van der Waals surface area (Å²) in [7, 11) is 0. The lowest BCUT2D eigenvalue weighted by Crippen LogP contribution is -2.21. The summed E-state index contributed by atoms with van der Waals surface area (Å²) in [6.45, 7) is 1.69. The third-order valence-corrected chi connectivity index (χ3v) is 2.49. The van der Waals surface area contributed by atoms with E-state index in [1.807, 2.05) is 0 Å². The maximum Gasteiger partial charge on any atom is 0.129 e. The van der Waals surface area contributed by atoms with E-state index in [1.165, 1.54) is 6.07 Å². The van der Waals surface area contributed by atoms with Crippen LogP contribution in [0.3, 0.4) is 0 Å². The summed E-state index contributed by atoms with van der Waals surface area (Å²) in [6, 6.07) is 4.51. The first kappa shape index (κ1) is 11.5. The van der Waals surface area contributed by atoms with Crippen LogP contribution in [0.2, 0.25) is 0 Å². The monoisotopic (exact) mass is 216 g/mol. The minimum Gasteiger partial charge on any atom is -0.389 e. The standard InChI is InChI=1S/C10H13FO2S/c1-6-3-2-4-7(11)9(6)10(13)8(12)5-14/h2-4,8,10,12-14H,5H2,1H3. The quantitative estimate of drug-likeness (QED) is 0.669. The average molecular weight is 216 g/mol. The van der Waals surface area contributed by atoms with Crippen molar-refractivity contribution in [2.24, 2.45) is 0 Å². The van der Waals surface area contributed by atoms with E-state index in [2.05, 4.69) is 12.6 Å². The number of benzene rings is 1. The van der Waals surface area contributed by atoms with Crippen LogP contribution in [0.15, 0.2) is 18.2 Å². The molecule has 0 radical (unpaired) electrons. The molecule has 2 nitrogen and oxygen atoms in total. The third-order valence-electron chi connectivity index (χ3n) is 2.12. The number of hydrogen-bond acceptors (Lipinski definition) is 3. The summed E-state index contributed by atoms with van der Waals surface area (Å²) in [4.78, 5) is 0. The van der Waals surface area contributed by atoms with Gasteiger partial charge in [-0.2, -0.15) is 12.6 Å². The number of aliphatic hydroxyl groups excluding tert-OH is 2. The molecule has 0 aromatic heterocycles. The van der Waals surface area contributed by atoms with E-state index in [1.54, 1.807) is 19.1 Å². The lowest BCUT2D eigenvalue weighted by Gasteiger charge is -2.18. The molecule has 2 unspecified atom stereocenters. The van der Waals surface area contributed by atoms with Crippen LogP contribution in [-0.2, 0) is 0 Å². The predicted octanol–water partition coefficient (Wildman–Crippen LogP) is 1.46. The second kappa shape index (κ2) is 4.77. The van der Waals surface area contributed by atoms with Gasteiger partial charge in [-0.05, 0) is 18.6 Å². The van der Waals surface area contributed by atoms with E-state index < -0.39 is 18.0 Å². The van der Waals surface area contributed by atoms with Crippen molar-refractivity contribution in [3.63, 3.8) is 0 Å². The van der Waals surface area contributed by atoms with Gasteiger partial charge in [-0.3, -0.25) is 0 Å². The minimum absolute atomic E-state index is 0.0922. The lowest BCUT2D eigenvalue weighted by atomic mass is 9.99. The highest BCUT2D eigenvalue weighted by Crippen LogP contribution is 2.24. The van der Waals surface area contributed by atoms with Gasteiger partial charge < -0.3 is 10.2 Å². The molecule has 2 N–H and O–H groups in total. The summed E-state index contributed by atoms with van der Waals surface area (Å²) >= 11 is 3.84. The summed E-state index contributed by atoms with van der Waals surface area (Å²) in [5.41, 5.74) is 0.771. The largest absolute Gasteiger partial charge is 0.389 e. The molecule has 78 valence electrons.